The van der Waals surface area contributed by atoms with Gasteiger partial charge in [-0.1, -0.05) is 84.3 Å². The third-order valence-electron chi connectivity index (χ3n) is 8.90. The van der Waals surface area contributed by atoms with E-state index in [0.717, 1.165) is 33.3 Å². The van der Waals surface area contributed by atoms with Crippen LogP contribution in [-0.4, -0.2) is 9.55 Å². The van der Waals surface area contributed by atoms with Gasteiger partial charge < -0.3 is 19.1 Å². The zero-order valence-corrected chi connectivity index (χ0v) is 30.8. The van der Waals surface area contributed by atoms with Crippen LogP contribution in [0.5, 0.6) is 11.5 Å². The van der Waals surface area contributed by atoms with E-state index in [1.54, 1.807) is 0 Å². The van der Waals surface area contributed by atoms with Gasteiger partial charge in [0.2, 0.25) is 0 Å². The van der Waals surface area contributed by atoms with E-state index >= 15 is 0 Å². The van der Waals surface area contributed by atoms with E-state index in [0.29, 0.717) is 23.3 Å². The molecule has 0 saturated carbocycles. The zero-order chi connectivity index (χ0) is 32.9. The van der Waals surface area contributed by atoms with E-state index in [9.17, 15) is 0 Å². The molecule has 0 spiro atoms. The molecular weight excluding hydrogens is 772 g/mol. The number of aromatic nitrogens is 2. The number of ether oxygens (including phenoxy) is 1. The van der Waals surface area contributed by atoms with Crippen molar-refractivity contribution in [2.45, 2.75) is 65.7 Å². The third kappa shape index (κ3) is 6.41. The Hall–Kier alpha value is -4.34. The summed E-state index contributed by atoms with van der Waals surface area (Å²) < 4.78 is 8.61. The van der Waals surface area contributed by atoms with Crippen LogP contribution in [0.1, 0.15) is 77.0 Å². The van der Waals surface area contributed by atoms with Gasteiger partial charge in [-0.15, -0.1) is 48.1 Å². The molecule has 0 amide bonds. The fourth-order valence-corrected chi connectivity index (χ4v) is 6.21. The Bertz CT molecular complexity index is 2120. The summed E-state index contributed by atoms with van der Waals surface area (Å²) in [6.07, 6.45) is 6.05. The molecule has 7 rings (SSSR count). The maximum absolute atomic E-state index is 6.43. The van der Waals surface area contributed by atoms with Crippen molar-refractivity contribution in [3.05, 3.63) is 139 Å². The first-order valence-corrected chi connectivity index (χ1v) is 16.4. The molecule has 5 nitrogen and oxygen atoms in total. The first-order chi connectivity index (χ1) is 22.6. The molecule has 1 aliphatic heterocycles. The summed E-state index contributed by atoms with van der Waals surface area (Å²) in [6, 6.07) is 36.6. The van der Waals surface area contributed by atoms with E-state index in [-0.39, 0.29) is 26.5 Å². The molecule has 3 heterocycles. The first kappa shape index (κ1) is 33.6. The van der Waals surface area contributed by atoms with Crippen molar-refractivity contribution < 1.29 is 25.8 Å². The summed E-state index contributed by atoms with van der Waals surface area (Å²) in [6.45, 7) is 17.8. The van der Waals surface area contributed by atoms with E-state index in [1.165, 1.54) is 22.4 Å². The van der Waals surface area contributed by atoms with E-state index in [1.807, 2.05) is 30.5 Å². The van der Waals surface area contributed by atoms with E-state index < -0.39 is 0 Å². The SMILES string of the molecule is CC(C)c1ccc(N2C=CN(c3[c-]c(Oc4[c-]c5c(cc4)c4ccccc4n5-c4cc(C(C)(C)C)ccn4)ccc3)[CH-]2)c(C(C)C)c1.[Pt]. The monoisotopic (exact) mass is 812 g/mol. The Morgan fingerprint density at radius 1 is 0.750 bits per heavy atom. The molecule has 2 aromatic heterocycles. The van der Waals surface area contributed by atoms with Crippen LogP contribution in [0.2, 0.25) is 0 Å². The minimum Gasteiger partial charge on any atom is -0.509 e. The molecule has 0 bridgehead atoms. The van der Waals surface area contributed by atoms with Crippen molar-refractivity contribution in [2.24, 2.45) is 0 Å². The molecule has 0 saturated heterocycles. The van der Waals surface area contributed by atoms with Gasteiger partial charge in [-0.2, -0.15) is 12.1 Å². The summed E-state index contributed by atoms with van der Waals surface area (Å²) >= 11 is 0. The molecule has 248 valence electrons. The molecule has 48 heavy (non-hydrogen) atoms. The topological polar surface area (TPSA) is 33.5 Å². The van der Waals surface area contributed by atoms with Gasteiger partial charge in [-0.3, -0.25) is 0 Å². The number of anilines is 2. The van der Waals surface area contributed by atoms with E-state index in [2.05, 4.69) is 155 Å². The molecule has 0 atom stereocenters. The molecular formula is C42H41N4OPt-3. The summed E-state index contributed by atoms with van der Waals surface area (Å²) in [5.74, 6) is 3.01. The van der Waals surface area contributed by atoms with Crippen LogP contribution in [0, 0.1) is 18.8 Å². The van der Waals surface area contributed by atoms with Crippen molar-refractivity contribution >= 4 is 33.2 Å². The standard InChI is InChI=1S/C42H41N4O.Pt/c1-28(2)30-15-18-38(37(23-30)29(3)4)45-22-21-44(27-45)32-11-10-12-33(25-32)47-34-16-17-36-35-13-8-9-14-39(35)46(40(36)26-34)41-24-31(19-20-43-41)42(5,6)7;/h8-24,27-29H,1-7H3;/q-3;. The summed E-state index contributed by atoms with van der Waals surface area (Å²) in [7, 11) is 0. The average molecular weight is 813 g/mol. The largest absolute Gasteiger partial charge is 0.509 e. The molecule has 0 unspecified atom stereocenters. The van der Waals surface area contributed by atoms with Crippen LogP contribution in [-0.2, 0) is 26.5 Å². The van der Waals surface area contributed by atoms with Crippen LogP contribution in [0.25, 0.3) is 27.6 Å². The Kier molecular flexibility index (Phi) is 9.28. The van der Waals surface area contributed by atoms with Gasteiger partial charge >= 0.3 is 0 Å². The van der Waals surface area contributed by atoms with Crippen molar-refractivity contribution in [3.8, 4) is 17.3 Å². The predicted octanol–water partition coefficient (Wildman–Crippen LogP) is 11.0. The van der Waals surface area contributed by atoms with Crippen molar-refractivity contribution in [2.75, 3.05) is 9.80 Å². The van der Waals surface area contributed by atoms with Gasteiger partial charge in [-0.25, -0.2) is 4.98 Å². The quantitative estimate of drug-likeness (QED) is 0.150. The molecule has 4 aromatic carbocycles. The minimum atomic E-state index is 0. The minimum absolute atomic E-state index is 0. The Morgan fingerprint density at radius 2 is 1.52 bits per heavy atom. The van der Waals surface area contributed by atoms with Crippen molar-refractivity contribution in [1.29, 1.82) is 0 Å². The van der Waals surface area contributed by atoms with Crippen LogP contribution in [0.4, 0.5) is 11.4 Å². The predicted molar refractivity (Wildman–Crippen MR) is 194 cm³/mol. The number of hydrogen-bond donors (Lipinski definition) is 0. The van der Waals surface area contributed by atoms with Crippen LogP contribution in [0.15, 0.2) is 104 Å². The Morgan fingerprint density at radius 3 is 2.29 bits per heavy atom. The van der Waals surface area contributed by atoms with Gasteiger partial charge in [0, 0.05) is 50.0 Å². The molecule has 0 N–H and O–H groups in total. The smallest absolute Gasteiger partial charge is 0.135 e. The molecule has 6 aromatic rings. The van der Waals surface area contributed by atoms with Gasteiger partial charge in [-0.05, 0) is 76.0 Å². The van der Waals surface area contributed by atoms with Gasteiger partial charge in [0.25, 0.3) is 0 Å². The number of rotatable bonds is 7. The molecule has 0 aliphatic carbocycles. The van der Waals surface area contributed by atoms with Crippen LogP contribution < -0.4 is 14.5 Å². The molecule has 0 radical (unpaired) electrons. The van der Waals surface area contributed by atoms with Crippen LogP contribution in [0.3, 0.4) is 0 Å². The Balaban J connectivity index is 0.00000401. The number of benzene rings is 4. The van der Waals surface area contributed by atoms with Gasteiger partial charge in [0.05, 0.1) is 0 Å². The third-order valence-corrected chi connectivity index (χ3v) is 8.90. The second-order valence-electron chi connectivity index (χ2n) is 13.9. The first-order valence-electron chi connectivity index (χ1n) is 16.4. The molecule has 6 heteroatoms. The number of para-hydroxylation sites is 1. The maximum Gasteiger partial charge on any atom is 0.135 e. The van der Waals surface area contributed by atoms with Gasteiger partial charge in [0.15, 0.2) is 0 Å². The summed E-state index contributed by atoms with van der Waals surface area (Å²) in [4.78, 5) is 9.06. The van der Waals surface area contributed by atoms with E-state index in [4.69, 9.17) is 9.72 Å². The summed E-state index contributed by atoms with van der Waals surface area (Å²) in [5.41, 5.74) is 8.03. The van der Waals surface area contributed by atoms with Crippen molar-refractivity contribution in [1.82, 2.24) is 9.55 Å². The maximum atomic E-state index is 6.43. The number of pyridine rings is 1. The Labute approximate surface area is 299 Å². The fourth-order valence-electron chi connectivity index (χ4n) is 6.21. The second-order valence-corrected chi connectivity index (χ2v) is 13.9. The number of hydrogen-bond acceptors (Lipinski definition) is 4. The number of nitrogens with zero attached hydrogens (tertiary/aromatic N) is 4. The average Bonchev–Trinajstić information content (AvgIpc) is 3.68. The zero-order valence-electron chi connectivity index (χ0n) is 28.6. The second kappa shape index (κ2) is 13.3. The van der Waals surface area contributed by atoms with Crippen LogP contribution >= 0.6 is 0 Å². The van der Waals surface area contributed by atoms with Crippen molar-refractivity contribution in [3.63, 3.8) is 0 Å². The molecule has 0 fully saturated rings. The van der Waals surface area contributed by atoms with Gasteiger partial charge in [0.1, 0.15) is 5.82 Å². The fraction of sp³-hybridized carbons (Fsp3) is 0.238. The number of fused-ring (bicyclic) bond motifs is 3. The summed E-state index contributed by atoms with van der Waals surface area (Å²) in [5, 5.41) is 2.26. The molecule has 1 aliphatic rings. The normalized spacial score (nSPS) is 13.3.